The predicted molar refractivity (Wildman–Crippen MR) is 85.9 cm³/mol. The van der Waals surface area contributed by atoms with Gasteiger partial charge in [0.15, 0.2) is 0 Å². The van der Waals surface area contributed by atoms with Crippen LogP contribution in [-0.2, 0) is 6.54 Å². The Labute approximate surface area is 131 Å². The van der Waals surface area contributed by atoms with Crippen LogP contribution in [0.1, 0.15) is 11.1 Å². The second-order valence-electron chi connectivity index (χ2n) is 4.58. The van der Waals surface area contributed by atoms with Crippen molar-refractivity contribution in [3.05, 3.63) is 62.1 Å². The van der Waals surface area contributed by atoms with E-state index in [1.54, 1.807) is 13.2 Å². The Bertz CT molecular complexity index is 674. The zero-order valence-corrected chi connectivity index (χ0v) is 13.3. The topological polar surface area (TPSA) is 64.4 Å². The van der Waals surface area contributed by atoms with Gasteiger partial charge in [0.05, 0.1) is 12.0 Å². The Morgan fingerprint density at radius 1 is 1.29 bits per heavy atom. The number of methoxy groups -OCH3 is 1. The molecule has 0 saturated heterocycles. The van der Waals surface area contributed by atoms with Crippen molar-refractivity contribution in [1.82, 2.24) is 0 Å². The minimum Gasteiger partial charge on any atom is -0.496 e. The van der Waals surface area contributed by atoms with Gasteiger partial charge in [-0.2, -0.15) is 0 Å². The molecule has 0 aliphatic heterocycles. The van der Waals surface area contributed by atoms with Crippen LogP contribution in [0.3, 0.4) is 0 Å². The predicted octanol–water partition coefficient (Wildman–Crippen LogP) is 4.29. The molecular weight excluding hydrogens is 336 g/mol. The number of rotatable bonds is 5. The number of nitrogens with one attached hydrogen (secondary N) is 1. The summed E-state index contributed by atoms with van der Waals surface area (Å²) in [7, 11) is 1.65. The van der Waals surface area contributed by atoms with Crippen molar-refractivity contribution in [3.8, 4) is 5.75 Å². The molecule has 0 aliphatic rings. The molecule has 2 aromatic carbocycles. The molecule has 0 heterocycles. The average molecular weight is 351 g/mol. The van der Waals surface area contributed by atoms with Gasteiger partial charge in [0.25, 0.3) is 5.69 Å². The third kappa shape index (κ3) is 3.72. The Hall–Kier alpha value is -2.08. The lowest BCUT2D eigenvalue weighted by atomic mass is 10.1. The molecule has 0 radical (unpaired) electrons. The SMILES string of the molecule is COc1ccc(CNc2ccc([N+](=O)[O-])cc2Br)cc1C. The van der Waals surface area contributed by atoms with Gasteiger partial charge in [-0.15, -0.1) is 0 Å². The summed E-state index contributed by atoms with van der Waals surface area (Å²) in [5.74, 6) is 0.857. The van der Waals surface area contributed by atoms with Gasteiger partial charge in [0.1, 0.15) is 5.75 Å². The van der Waals surface area contributed by atoms with E-state index < -0.39 is 4.92 Å². The molecule has 110 valence electrons. The fourth-order valence-electron chi connectivity index (χ4n) is 2.01. The molecule has 0 spiro atoms. The van der Waals surface area contributed by atoms with Crippen molar-refractivity contribution in [2.75, 3.05) is 12.4 Å². The van der Waals surface area contributed by atoms with Crippen molar-refractivity contribution in [3.63, 3.8) is 0 Å². The lowest BCUT2D eigenvalue weighted by molar-refractivity contribution is -0.384. The maximum Gasteiger partial charge on any atom is 0.270 e. The van der Waals surface area contributed by atoms with Crippen molar-refractivity contribution in [2.24, 2.45) is 0 Å². The van der Waals surface area contributed by atoms with Crippen LogP contribution in [0.15, 0.2) is 40.9 Å². The van der Waals surface area contributed by atoms with E-state index in [2.05, 4.69) is 21.2 Å². The first-order valence-corrected chi connectivity index (χ1v) is 7.12. The standard InChI is InChI=1S/C15H15BrN2O3/c1-10-7-11(3-6-15(10)21-2)9-17-14-5-4-12(18(19)20)8-13(14)16/h3-8,17H,9H2,1-2H3. The van der Waals surface area contributed by atoms with Crippen LogP contribution >= 0.6 is 15.9 Å². The first kappa shape index (κ1) is 15.3. The van der Waals surface area contributed by atoms with Gasteiger partial charge < -0.3 is 10.1 Å². The molecule has 2 rings (SSSR count). The number of hydrogen-bond acceptors (Lipinski definition) is 4. The quantitative estimate of drug-likeness (QED) is 0.645. The first-order chi connectivity index (χ1) is 10.0. The molecule has 0 aliphatic carbocycles. The summed E-state index contributed by atoms with van der Waals surface area (Å²) < 4.78 is 5.89. The number of anilines is 1. The third-order valence-corrected chi connectivity index (χ3v) is 3.76. The molecule has 0 amide bonds. The van der Waals surface area contributed by atoms with Crippen LogP contribution in [0.25, 0.3) is 0 Å². The van der Waals surface area contributed by atoms with Crippen molar-refractivity contribution >= 4 is 27.3 Å². The van der Waals surface area contributed by atoms with Crippen molar-refractivity contribution in [1.29, 1.82) is 0 Å². The lowest BCUT2D eigenvalue weighted by Gasteiger charge is -2.10. The number of halogens is 1. The van der Waals surface area contributed by atoms with Crippen LogP contribution < -0.4 is 10.1 Å². The van der Waals surface area contributed by atoms with Crippen molar-refractivity contribution < 1.29 is 9.66 Å². The molecule has 0 aromatic heterocycles. The molecular formula is C15H15BrN2O3. The highest BCUT2D eigenvalue weighted by Crippen LogP contribution is 2.28. The summed E-state index contributed by atoms with van der Waals surface area (Å²) in [5.41, 5.74) is 3.06. The Kier molecular flexibility index (Phi) is 4.80. The molecule has 21 heavy (non-hydrogen) atoms. The highest BCUT2D eigenvalue weighted by atomic mass is 79.9. The maximum absolute atomic E-state index is 10.7. The van der Waals surface area contributed by atoms with E-state index in [0.29, 0.717) is 11.0 Å². The van der Waals surface area contributed by atoms with Gasteiger partial charge in [-0.1, -0.05) is 12.1 Å². The van der Waals surface area contributed by atoms with Crippen LogP contribution in [0.5, 0.6) is 5.75 Å². The molecule has 0 bridgehead atoms. The van der Waals surface area contributed by atoms with E-state index in [1.807, 2.05) is 25.1 Å². The number of nitro benzene ring substituents is 1. The number of non-ortho nitro benzene ring substituents is 1. The minimum absolute atomic E-state index is 0.0627. The summed E-state index contributed by atoms with van der Waals surface area (Å²) in [4.78, 5) is 10.3. The van der Waals surface area contributed by atoms with E-state index in [9.17, 15) is 10.1 Å². The zero-order valence-electron chi connectivity index (χ0n) is 11.7. The lowest BCUT2D eigenvalue weighted by Crippen LogP contribution is -2.01. The molecule has 2 aromatic rings. The summed E-state index contributed by atoms with van der Waals surface area (Å²) in [6, 6.07) is 10.6. The van der Waals surface area contributed by atoms with Gasteiger partial charge in [-0.25, -0.2) is 0 Å². The average Bonchev–Trinajstić information content (AvgIpc) is 2.46. The number of ether oxygens (including phenoxy) is 1. The molecule has 0 unspecified atom stereocenters. The van der Waals surface area contributed by atoms with E-state index in [-0.39, 0.29) is 5.69 Å². The maximum atomic E-state index is 10.7. The largest absolute Gasteiger partial charge is 0.496 e. The zero-order chi connectivity index (χ0) is 15.4. The van der Waals surface area contributed by atoms with E-state index in [4.69, 9.17) is 4.74 Å². The second-order valence-corrected chi connectivity index (χ2v) is 5.43. The number of benzene rings is 2. The monoisotopic (exact) mass is 350 g/mol. The number of aryl methyl sites for hydroxylation is 1. The van der Waals surface area contributed by atoms with Gasteiger partial charge in [0.2, 0.25) is 0 Å². The Balaban J connectivity index is 2.09. The summed E-state index contributed by atoms with van der Waals surface area (Å²) in [6.07, 6.45) is 0. The van der Waals surface area contributed by atoms with E-state index in [1.165, 1.54) is 12.1 Å². The number of hydrogen-bond donors (Lipinski definition) is 1. The molecule has 0 saturated carbocycles. The molecule has 0 fully saturated rings. The van der Waals surface area contributed by atoms with E-state index in [0.717, 1.165) is 22.6 Å². The number of nitro groups is 1. The van der Waals surface area contributed by atoms with Gasteiger partial charge >= 0.3 is 0 Å². The van der Waals surface area contributed by atoms with E-state index >= 15 is 0 Å². The second kappa shape index (κ2) is 6.58. The minimum atomic E-state index is -0.415. The number of nitrogens with zero attached hydrogens (tertiary/aromatic N) is 1. The highest BCUT2D eigenvalue weighted by Gasteiger charge is 2.09. The summed E-state index contributed by atoms with van der Waals surface area (Å²) in [6.45, 7) is 2.62. The fraction of sp³-hybridized carbons (Fsp3) is 0.200. The first-order valence-electron chi connectivity index (χ1n) is 6.32. The highest BCUT2D eigenvalue weighted by molar-refractivity contribution is 9.10. The van der Waals surface area contributed by atoms with Crippen LogP contribution in [0, 0.1) is 17.0 Å². The normalized spacial score (nSPS) is 10.2. The fourth-order valence-corrected chi connectivity index (χ4v) is 2.52. The van der Waals surface area contributed by atoms with Gasteiger partial charge in [-0.3, -0.25) is 10.1 Å². The van der Waals surface area contributed by atoms with Crippen molar-refractivity contribution in [2.45, 2.75) is 13.5 Å². The Morgan fingerprint density at radius 3 is 2.62 bits per heavy atom. The smallest absolute Gasteiger partial charge is 0.270 e. The molecule has 6 heteroatoms. The molecule has 0 atom stereocenters. The van der Waals surface area contributed by atoms with Crippen LogP contribution in [0.2, 0.25) is 0 Å². The Morgan fingerprint density at radius 2 is 2.05 bits per heavy atom. The summed E-state index contributed by atoms with van der Waals surface area (Å²) >= 11 is 3.34. The van der Waals surface area contributed by atoms with Crippen LogP contribution in [0.4, 0.5) is 11.4 Å². The third-order valence-electron chi connectivity index (χ3n) is 3.11. The molecule has 1 N–H and O–H groups in total. The van der Waals surface area contributed by atoms with Gasteiger partial charge in [-0.05, 0) is 46.1 Å². The summed E-state index contributed by atoms with van der Waals surface area (Å²) in [5, 5.41) is 13.9. The van der Waals surface area contributed by atoms with Crippen LogP contribution in [-0.4, -0.2) is 12.0 Å². The molecule has 5 nitrogen and oxygen atoms in total. The van der Waals surface area contributed by atoms with Gasteiger partial charge in [0, 0.05) is 28.8 Å².